The zero-order valence-electron chi connectivity index (χ0n) is 11.2. The number of aliphatic hydroxyl groups excluding tert-OH is 1. The molecule has 4 nitrogen and oxygen atoms in total. The largest absolute Gasteiger partial charge is 0.502 e. The second kappa shape index (κ2) is 6.75. The lowest BCUT2D eigenvalue weighted by Gasteiger charge is -2.17. The Balaban J connectivity index is 3.01. The molecular weight excluding hydrogens is 309 g/mol. The van der Waals surface area contributed by atoms with Gasteiger partial charge in [-0.3, -0.25) is 4.79 Å². The molecule has 1 aromatic rings. The van der Waals surface area contributed by atoms with Crippen LogP contribution in [-0.4, -0.2) is 36.3 Å². The summed E-state index contributed by atoms with van der Waals surface area (Å²) in [4.78, 5) is 11.9. The van der Waals surface area contributed by atoms with E-state index in [-0.39, 0.29) is 11.3 Å². The van der Waals surface area contributed by atoms with Crippen molar-refractivity contribution < 1.29 is 32.5 Å². The van der Waals surface area contributed by atoms with Crippen LogP contribution in [0, 0.1) is 5.92 Å². The van der Waals surface area contributed by atoms with Gasteiger partial charge in [0.25, 0.3) is 0 Å². The first kappa shape index (κ1) is 17.2. The van der Waals surface area contributed by atoms with E-state index in [0.29, 0.717) is 5.75 Å². The van der Waals surface area contributed by atoms with Gasteiger partial charge in [-0.2, -0.15) is 13.2 Å². The smallest absolute Gasteiger partial charge is 0.400 e. The molecule has 0 saturated carbocycles. The normalized spacial score (nSPS) is 12.6. The standard InChI is InChI=1S/C13H13F3O4S/c1-19-10-4-3-7(5-11(10)20-2)9(17)6-8(12(18)21)13(14,15)16/h3-5,8H,6H2,1-2H3,(H,18,21). The highest BCUT2D eigenvalue weighted by Gasteiger charge is 2.44. The molecule has 1 aromatic carbocycles. The van der Waals surface area contributed by atoms with Crippen molar-refractivity contribution >= 4 is 23.1 Å². The van der Waals surface area contributed by atoms with Crippen molar-refractivity contribution in [3.05, 3.63) is 23.8 Å². The van der Waals surface area contributed by atoms with E-state index in [2.05, 4.69) is 12.2 Å². The second-order valence-corrected chi connectivity index (χ2v) is 4.55. The molecular formula is C13H13F3O4S. The average molecular weight is 322 g/mol. The molecule has 21 heavy (non-hydrogen) atoms. The van der Waals surface area contributed by atoms with Crippen molar-refractivity contribution in [3.63, 3.8) is 0 Å². The van der Waals surface area contributed by atoms with Crippen molar-refractivity contribution in [2.45, 2.75) is 12.6 Å². The number of hydrogen-bond donors (Lipinski definition) is 1. The number of aliphatic hydroxyl groups is 1. The highest BCUT2D eigenvalue weighted by atomic mass is 32.1. The summed E-state index contributed by atoms with van der Waals surface area (Å²) in [7, 11) is 2.73. The Labute approximate surface area is 124 Å². The van der Waals surface area contributed by atoms with Crippen molar-refractivity contribution in [1.29, 1.82) is 0 Å². The monoisotopic (exact) mass is 322 g/mol. The fourth-order valence-corrected chi connectivity index (χ4v) is 1.87. The van der Waals surface area contributed by atoms with Gasteiger partial charge in [0.15, 0.2) is 22.3 Å². The minimum Gasteiger partial charge on any atom is -0.502 e. The second-order valence-electron chi connectivity index (χ2n) is 4.13. The molecule has 0 radical (unpaired) electrons. The molecule has 1 atom stereocenters. The lowest BCUT2D eigenvalue weighted by Crippen LogP contribution is -2.31. The number of Topliss-reactive ketones (excluding diaryl/α,β-unsaturated/α-hetero) is 1. The first-order valence-corrected chi connectivity index (χ1v) is 6.16. The molecule has 0 fully saturated rings. The summed E-state index contributed by atoms with van der Waals surface area (Å²) in [5, 5.41) is 7.69. The van der Waals surface area contributed by atoms with Gasteiger partial charge >= 0.3 is 6.18 Å². The molecule has 0 aliphatic rings. The number of benzene rings is 1. The van der Waals surface area contributed by atoms with Gasteiger partial charge in [-0.15, -0.1) is 0 Å². The summed E-state index contributed by atoms with van der Waals surface area (Å²) in [6, 6.07) is 4.00. The van der Waals surface area contributed by atoms with Crippen LogP contribution in [0.15, 0.2) is 18.2 Å². The van der Waals surface area contributed by atoms with E-state index in [9.17, 15) is 18.0 Å². The van der Waals surface area contributed by atoms with Crippen molar-refractivity contribution in [2.24, 2.45) is 5.92 Å². The van der Waals surface area contributed by atoms with Crippen molar-refractivity contribution in [2.75, 3.05) is 14.2 Å². The molecule has 0 heterocycles. The van der Waals surface area contributed by atoms with Gasteiger partial charge in [-0.05, 0) is 30.4 Å². The summed E-state index contributed by atoms with van der Waals surface area (Å²) >= 11 is 4.16. The van der Waals surface area contributed by atoms with Crippen LogP contribution >= 0.6 is 12.2 Å². The van der Waals surface area contributed by atoms with Gasteiger partial charge in [0.05, 0.1) is 14.2 Å². The fourth-order valence-electron chi connectivity index (χ4n) is 1.66. The molecule has 0 aliphatic carbocycles. The molecule has 0 spiro atoms. The van der Waals surface area contributed by atoms with Crippen molar-refractivity contribution in [1.82, 2.24) is 0 Å². The number of halogens is 3. The Bertz CT molecular complexity index is 543. The zero-order valence-corrected chi connectivity index (χ0v) is 12.0. The predicted molar refractivity (Wildman–Crippen MR) is 73.3 cm³/mol. The Morgan fingerprint density at radius 1 is 1.29 bits per heavy atom. The maximum Gasteiger partial charge on any atom is 0.400 e. The Hall–Kier alpha value is -1.83. The third-order valence-electron chi connectivity index (χ3n) is 2.79. The number of carbonyl (C=O) groups excluding carboxylic acids is 1. The van der Waals surface area contributed by atoms with Crippen LogP contribution < -0.4 is 9.47 Å². The number of hydrogen-bond acceptors (Lipinski definition) is 4. The van der Waals surface area contributed by atoms with Crippen LogP contribution in [0.4, 0.5) is 13.2 Å². The molecule has 0 aliphatic heterocycles. The summed E-state index contributed by atoms with van der Waals surface area (Å²) in [6.45, 7) is 0. The van der Waals surface area contributed by atoms with E-state index in [4.69, 9.17) is 14.6 Å². The molecule has 0 bridgehead atoms. The van der Waals surface area contributed by atoms with Gasteiger partial charge in [0, 0.05) is 12.0 Å². The molecule has 1 N–H and O–H groups in total. The highest BCUT2D eigenvalue weighted by Crippen LogP contribution is 2.32. The van der Waals surface area contributed by atoms with E-state index < -0.39 is 29.3 Å². The number of ether oxygens (including phenoxy) is 2. The maximum absolute atomic E-state index is 12.7. The van der Waals surface area contributed by atoms with E-state index in [1.54, 1.807) is 0 Å². The van der Waals surface area contributed by atoms with Crippen LogP contribution in [0.5, 0.6) is 11.5 Å². The molecule has 0 aromatic heterocycles. The Morgan fingerprint density at radius 3 is 2.29 bits per heavy atom. The molecule has 116 valence electrons. The van der Waals surface area contributed by atoms with Crippen LogP contribution in [0.25, 0.3) is 0 Å². The SMILES string of the molecule is COc1ccc(C(=O)CC(C(O)=S)C(F)(F)F)cc1OC. The fraction of sp³-hybridized carbons (Fsp3) is 0.385. The van der Waals surface area contributed by atoms with Crippen LogP contribution in [0.3, 0.4) is 0 Å². The predicted octanol–water partition coefficient (Wildman–Crippen LogP) is 3.34. The summed E-state index contributed by atoms with van der Waals surface area (Å²) in [5.41, 5.74) is 0.0122. The maximum atomic E-state index is 12.7. The van der Waals surface area contributed by atoms with Gasteiger partial charge in [-0.1, -0.05) is 0 Å². The molecule has 0 amide bonds. The van der Waals surface area contributed by atoms with Crippen LogP contribution in [-0.2, 0) is 0 Å². The van der Waals surface area contributed by atoms with Gasteiger partial charge in [0.2, 0.25) is 0 Å². The summed E-state index contributed by atoms with van der Waals surface area (Å²) in [6.07, 6.45) is -5.74. The van der Waals surface area contributed by atoms with Gasteiger partial charge < -0.3 is 14.6 Å². The van der Waals surface area contributed by atoms with Crippen molar-refractivity contribution in [3.8, 4) is 11.5 Å². The van der Waals surface area contributed by atoms with Gasteiger partial charge in [-0.25, -0.2) is 0 Å². The number of methoxy groups -OCH3 is 2. The van der Waals surface area contributed by atoms with E-state index in [1.165, 1.54) is 32.4 Å². The number of ketones is 1. The first-order valence-electron chi connectivity index (χ1n) is 5.75. The minimum atomic E-state index is -4.78. The zero-order chi connectivity index (χ0) is 16.2. The lowest BCUT2D eigenvalue weighted by molar-refractivity contribution is -0.156. The third kappa shape index (κ3) is 4.32. The lowest BCUT2D eigenvalue weighted by atomic mass is 9.98. The molecule has 1 rings (SSSR count). The van der Waals surface area contributed by atoms with Crippen LogP contribution in [0.2, 0.25) is 0 Å². The van der Waals surface area contributed by atoms with E-state index in [1.807, 2.05) is 0 Å². The first-order chi connectivity index (χ1) is 9.70. The molecule has 8 heteroatoms. The van der Waals surface area contributed by atoms with E-state index in [0.717, 1.165) is 0 Å². The van der Waals surface area contributed by atoms with Crippen LogP contribution in [0.1, 0.15) is 16.8 Å². The Kier molecular flexibility index (Phi) is 5.54. The highest BCUT2D eigenvalue weighted by molar-refractivity contribution is 7.80. The summed E-state index contributed by atoms with van der Waals surface area (Å²) < 4.78 is 47.9. The van der Waals surface area contributed by atoms with E-state index >= 15 is 0 Å². The minimum absolute atomic E-state index is 0.0122. The average Bonchev–Trinajstić information content (AvgIpc) is 2.41. The molecule has 0 saturated heterocycles. The Morgan fingerprint density at radius 2 is 1.86 bits per heavy atom. The number of thiocarbonyl (C=S) groups is 1. The number of alkyl halides is 3. The van der Waals surface area contributed by atoms with Gasteiger partial charge in [0.1, 0.15) is 5.92 Å². The quantitative estimate of drug-likeness (QED) is 0.643. The number of carbonyl (C=O) groups is 1. The summed E-state index contributed by atoms with van der Waals surface area (Å²) in [5.74, 6) is -2.61. The topological polar surface area (TPSA) is 55.8 Å². The third-order valence-corrected chi connectivity index (χ3v) is 3.07. The molecule has 1 unspecified atom stereocenters. The number of rotatable bonds is 6.